The molecule has 0 saturated heterocycles. The van der Waals surface area contributed by atoms with Crippen molar-refractivity contribution in [3.05, 3.63) is 40.9 Å². The first-order valence-corrected chi connectivity index (χ1v) is 5.60. The van der Waals surface area contributed by atoms with Crippen LogP contribution in [0.1, 0.15) is 25.8 Å². The minimum Gasteiger partial charge on any atom is -0.458 e. The lowest BCUT2D eigenvalue weighted by molar-refractivity contribution is -0.144. The van der Waals surface area contributed by atoms with Crippen molar-refractivity contribution >= 4 is 23.6 Å². The van der Waals surface area contributed by atoms with E-state index in [1.807, 2.05) is 43.3 Å². The van der Waals surface area contributed by atoms with Gasteiger partial charge in [0, 0.05) is 11.9 Å². The maximum absolute atomic E-state index is 10.8. The largest absolute Gasteiger partial charge is 0.458 e. The highest BCUT2D eigenvalue weighted by Crippen LogP contribution is 2.12. The van der Waals surface area contributed by atoms with E-state index in [9.17, 15) is 4.79 Å². The molecule has 0 aliphatic carbocycles. The molecule has 16 heavy (non-hydrogen) atoms. The maximum atomic E-state index is 10.8. The Morgan fingerprint density at radius 3 is 2.56 bits per heavy atom. The standard InChI is InChI=1S/C13H15ClO2/c1-3-13(16-10(2)15)9-6-11-4-7-12(14)8-5-11/h4-9,13H,3H2,1-2H3/b9-6+. The van der Waals surface area contributed by atoms with Crippen LogP contribution in [0.5, 0.6) is 0 Å². The number of ether oxygens (including phenoxy) is 1. The lowest BCUT2D eigenvalue weighted by Gasteiger charge is -2.09. The second-order valence-electron chi connectivity index (χ2n) is 3.47. The summed E-state index contributed by atoms with van der Waals surface area (Å²) in [6.07, 6.45) is 4.41. The predicted molar refractivity (Wildman–Crippen MR) is 66.3 cm³/mol. The maximum Gasteiger partial charge on any atom is 0.303 e. The summed E-state index contributed by atoms with van der Waals surface area (Å²) >= 11 is 5.78. The van der Waals surface area contributed by atoms with E-state index < -0.39 is 0 Å². The molecule has 0 bridgehead atoms. The molecule has 0 spiro atoms. The van der Waals surface area contributed by atoms with Crippen LogP contribution in [0, 0.1) is 0 Å². The fraction of sp³-hybridized carbons (Fsp3) is 0.308. The average molecular weight is 239 g/mol. The minimum atomic E-state index is -0.257. The van der Waals surface area contributed by atoms with E-state index in [1.165, 1.54) is 6.92 Å². The van der Waals surface area contributed by atoms with Crippen LogP contribution in [-0.2, 0) is 9.53 Å². The lowest BCUT2D eigenvalue weighted by Crippen LogP contribution is -2.11. The summed E-state index contributed by atoms with van der Waals surface area (Å²) in [5, 5.41) is 0.712. The summed E-state index contributed by atoms with van der Waals surface area (Å²) in [5.41, 5.74) is 1.04. The Bertz CT molecular complexity index is 368. The van der Waals surface area contributed by atoms with Crippen molar-refractivity contribution in [1.29, 1.82) is 0 Å². The van der Waals surface area contributed by atoms with Crippen molar-refractivity contribution in [2.24, 2.45) is 0 Å². The number of carbonyl (C=O) groups excluding carboxylic acids is 1. The van der Waals surface area contributed by atoms with Crippen LogP contribution in [0.3, 0.4) is 0 Å². The van der Waals surface area contributed by atoms with E-state index in [4.69, 9.17) is 16.3 Å². The van der Waals surface area contributed by atoms with Crippen molar-refractivity contribution in [3.8, 4) is 0 Å². The van der Waals surface area contributed by atoms with Gasteiger partial charge in [-0.2, -0.15) is 0 Å². The van der Waals surface area contributed by atoms with Crippen LogP contribution in [0.4, 0.5) is 0 Å². The number of benzene rings is 1. The van der Waals surface area contributed by atoms with E-state index in [1.54, 1.807) is 0 Å². The molecule has 0 saturated carbocycles. The van der Waals surface area contributed by atoms with Crippen molar-refractivity contribution in [2.75, 3.05) is 0 Å². The van der Waals surface area contributed by atoms with Gasteiger partial charge in [0.25, 0.3) is 0 Å². The molecule has 0 aromatic heterocycles. The Morgan fingerprint density at radius 2 is 2.06 bits per heavy atom. The molecule has 3 heteroatoms. The summed E-state index contributed by atoms with van der Waals surface area (Å²) in [5.74, 6) is -0.257. The Labute approximate surface area is 101 Å². The smallest absolute Gasteiger partial charge is 0.303 e. The SMILES string of the molecule is CCC(/C=C/c1ccc(Cl)cc1)OC(C)=O. The number of hydrogen-bond donors (Lipinski definition) is 0. The van der Waals surface area contributed by atoms with Gasteiger partial charge in [0.2, 0.25) is 0 Å². The quantitative estimate of drug-likeness (QED) is 0.748. The fourth-order valence-electron chi connectivity index (χ4n) is 1.26. The summed E-state index contributed by atoms with van der Waals surface area (Å²) in [6.45, 7) is 3.39. The van der Waals surface area contributed by atoms with Crippen molar-refractivity contribution in [3.63, 3.8) is 0 Å². The molecule has 0 aliphatic rings. The molecular formula is C13H15ClO2. The van der Waals surface area contributed by atoms with Gasteiger partial charge in [-0.3, -0.25) is 4.79 Å². The monoisotopic (exact) mass is 238 g/mol. The van der Waals surface area contributed by atoms with Crippen molar-refractivity contribution in [1.82, 2.24) is 0 Å². The Balaban J connectivity index is 2.63. The molecule has 1 aromatic rings. The normalized spacial score (nSPS) is 12.7. The summed E-state index contributed by atoms with van der Waals surface area (Å²) in [6, 6.07) is 7.49. The highest BCUT2D eigenvalue weighted by Gasteiger charge is 2.04. The Kier molecular flexibility index (Phi) is 5.06. The van der Waals surface area contributed by atoms with E-state index >= 15 is 0 Å². The van der Waals surface area contributed by atoms with E-state index in [-0.39, 0.29) is 12.1 Å². The minimum absolute atomic E-state index is 0.159. The van der Waals surface area contributed by atoms with Crippen LogP contribution in [0.15, 0.2) is 30.3 Å². The lowest BCUT2D eigenvalue weighted by atomic mass is 10.1. The number of carbonyl (C=O) groups is 1. The molecule has 2 nitrogen and oxygen atoms in total. The van der Waals surface area contributed by atoms with Gasteiger partial charge in [0.15, 0.2) is 0 Å². The Hall–Kier alpha value is -1.28. The van der Waals surface area contributed by atoms with Gasteiger partial charge >= 0.3 is 5.97 Å². The molecule has 0 N–H and O–H groups in total. The van der Waals surface area contributed by atoms with Gasteiger partial charge < -0.3 is 4.74 Å². The first kappa shape index (κ1) is 12.8. The summed E-state index contributed by atoms with van der Waals surface area (Å²) in [7, 11) is 0. The molecule has 0 radical (unpaired) electrons. The number of esters is 1. The molecule has 0 aliphatic heterocycles. The first-order valence-electron chi connectivity index (χ1n) is 5.22. The molecule has 1 unspecified atom stereocenters. The Morgan fingerprint density at radius 1 is 1.44 bits per heavy atom. The van der Waals surface area contributed by atoms with Gasteiger partial charge in [-0.25, -0.2) is 0 Å². The third-order valence-corrected chi connectivity index (χ3v) is 2.35. The van der Waals surface area contributed by atoms with Gasteiger partial charge in [0.1, 0.15) is 6.10 Å². The van der Waals surface area contributed by atoms with Gasteiger partial charge in [-0.1, -0.05) is 36.7 Å². The zero-order valence-electron chi connectivity index (χ0n) is 9.44. The number of halogens is 1. The van der Waals surface area contributed by atoms with Crippen molar-refractivity contribution < 1.29 is 9.53 Å². The highest BCUT2D eigenvalue weighted by atomic mass is 35.5. The molecule has 1 aromatic carbocycles. The van der Waals surface area contributed by atoms with Crippen LogP contribution in [-0.4, -0.2) is 12.1 Å². The van der Waals surface area contributed by atoms with E-state index in [2.05, 4.69) is 0 Å². The average Bonchev–Trinajstić information content (AvgIpc) is 2.26. The second kappa shape index (κ2) is 6.33. The van der Waals surface area contributed by atoms with Crippen LogP contribution in [0.25, 0.3) is 6.08 Å². The number of hydrogen-bond acceptors (Lipinski definition) is 2. The van der Waals surface area contributed by atoms with Gasteiger partial charge in [0.05, 0.1) is 0 Å². The van der Waals surface area contributed by atoms with Gasteiger partial charge in [-0.15, -0.1) is 0 Å². The van der Waals surface area contributed by atoms with E-state index in [0.29, 0.717) is 5.02 Å². The summed E-state index contributed by atoms with van der Waals surface area (Å²) in [4.78, 5) is 10.8. The topological polar surface area (TPSA) is 26.3 Å². The van der Waals surface area contributed by atoms with Crippen molar-refractivity contribution in [2.45, 2.75) is 26.4 Å². The molecular weight excluding hydrogens is 224 g/mol. The molecule has 1 rings (SSSR count). The van der Waals surface area contributed by atoms with Crippen LogP contribution in [0.2, 0.25) is 5.02 Å². The first-order chi connectivity index (χ1) is 7.61. The third-order valence-electron chi connectivity index (χ3n) is 2.09. The number of rotatable bonds is 4. The predicted octanol–water partition coefficient (Wildman–Crippen LogP) is 3.69. The second-order valence-corrected chi connectivity index (χ2v) is 3.90. The molecule has 0 fully saturated rings. The zero-order valence-corrected chi connectivity index (χ0v) is 10.2. The zero-order chi connectivity index (χ0) is 12.0. The van der Waals surface area contributed by atoms with Crippen LogP contribution < -0.4 is 0 Å². The molecule has 86 valence electrons. The van der Waals surface area contributed by atoms with Crippen LogP contribution >= 0.6 is 11.6 Å². The van der Waals surface area contributed by atoms with E-state index in [0.717, 1.165) is 12.0 Å². The fourth-order valence-corrected chi connectivity index (χ4v) is 1.39. The van der Waals surface area contributed by atoms with Gasteiger partial charge in [-0.05, 0) is 30.2 Å². The third kappa shape index (κ3) is 4.49. The summed E-state index contributed by atoms with van der Waals surface area (Å²) < 4.78 is 5.09. The molecule has 0 heterocycles. The highest BCUT2D eigenvalue weighted by molar-refractivity contribution is 6.30. The molecule has 1 atom stereocenters. The molecule has 0 amide bonds.